The molecule has 1 aliphatic rings. The summed E-state index contributed by atoms with van der Waals surface area (Å²) in [6.07, 6.45) is -0.462. The van der Waals surface area contributed by atoms with E-state index in [1.54, 1.807) is 0 Å². The van der Waals surface area contributed by atoms with Gasteiger partial charge in [-0.25, -0.2) is 4.79 Å². The van der Waals surface area contributed by atoms with Crippen LogP contribution in [0.15, 0.2) is 0 Å². The average molecular weight is 188 g/mol. The van der Waals surface area contributed by atoms with Crippen LogP contribution >= 0.6 is 0 Å². The van der Waals surface area contributed by atoms with Gasteiger partial charge < -0.3 is 14.6 Å². The Bertz CT molecular complexity index is 231. The molecule has 13 heavy (non-hydrogen) atoms. The molecule has 5 nitrogen and oxygen atoms in total. The molecule has 0 amide bonds. The Labute approximate surface area is 75.6 Å². The lowest BCUT2D eigenvalue weighted by Crippen LogP contribution is -2.38. The Balaban J connectivity index is 2.70. The Morgan fingerprint density at radius 2 is 1.85 bits per heavy atom. The highest BCUT2D eigenvalue weighted by Gasteiger charge is 2.59. The Morgan fingerprint density at radius 1 is 1.31 bits per heavy atom. The number of hydrogen-bond donors (Lipinski definition) is 1. The number of rotatable bonds is 3. The lowest BCUT2D eigenvalue weighted by molar-refractivity contribution is -0.165. The molecule has 0 aromatic carbocycles. The Kier molecular flexibility index (Phi) is 2.56. The highest BCUT2D eigenvalue weighted by Crippen LogP contribution is 2.50. The standard InChI is InChI=1S/C8H12O5/c1-12-6(10)5(9)8(3-4-8)7(11)13-2/h5,9H,3-4H2,1-2H3. The summed E-state index contributed by atoms with van der Waals surface area (Å²) >= 11 is 0. The zero-order chi connectivity index (χ0) is 10.1. The molecule has 0 aromatic rings. The largest absolute Gasteiger partial charge is 0.469 e. The van der Waals surface area contributed by atoms with Crippen molar-refractivity contribution in [3.05, 3.63) is 0 Å². The second kappa shape index (κ2) is 3.33. The van der Waals surface area contributed by atoms with Gasteiger partial charge in [0.1, 0.15) is 5.41 Å². The van der Waals surface area contributed by atoms with Crippen LogP contribution in [0.3, 0.4) is 0 Å². The molecule has 0 aliphatic heterocycles. The Hall–Kier alpha value is -1.10. The number of hydrogen-bond acceptors (Lipinski definition) is 5. The summed E-state index contributed by atoms with van der Waals surface area (Å²) in [5, 5.41) is 9.43. The molecular weight excluding hydrogens is 176 g/mol. The maximum atomic E-state index is 11.2. The van der Waals surface area contributed by atoms with Crippen LogP contribution in [0.5, 0.6) is 0 Å². The lowest BCUT2D eigenvalue weighted by Gasteiger charge is -2.16. The van der Waals surface area contributed by atoms with Crippen LogP contribution in [-0.4, -0.2) is 37.4 Å². The molecule has 0 heterocycles. The minimum atomic E-state index is -1.40. The Morgan fingerprint density at radius 3 is 2.15 bits per heavy atom. The van der Waals surface area contributed by atoms with Crippen LogP contribution in [0.25, 0.3) is 0 Å². The van der Waals surface area contributed by atoms with Gasteiger partial charge in [-0.2, -0.15) is 0 Å². The van der Waals surface area contributed by atoms with Gasteiger partial charge in [0, 0.05) is 0 Å². The molecule has 5 heteroatoms. The summed E-state index contributed by atoms with van der Waals surface area (Å²) in [7, 11) is 2.39. The second-order valence-electron chi connectivity index (χ2n) is 3.07. The van der Waals surface area contributed by atoms with E-state index in [4.69, 9.17) is 0 Å². The van der Waals surface area contributed by atoms with E-state index >= 15 is 0 Å². The van der Waals surface area contributed by atoms with E-state index in [0.717, 1.165) is 0 Å². The van der Waals surface area contributed by atoms with Crippen LogP contribution in [-0.2, 0) is 19.1 Å². The van der Waals surface area contributed by atoms with Gasteiger partial charge in [-0.05, 0) is 12.8 Å². The fourth-order valence-corrected chi connectivity index (χ4v) is 1.26. The third-order valence-electron chi connectivity index (χ3n) is 2.33. The van der Waals surface area contributed by atoms with Gasteiger partial charge in [0.2, 0.25) is 0 Å². The van der Waals surface area contributed by atoms with Crippen LogP contribution < -0.4 is 0 Å². The first-order valence-electron chi connectivity index (χ1n) is 3.93. The van der Waals surface area contributed by atoms with E-state index < -0.39 is 23.5 Å². The van der Waals surface area contributed by atoms with Crippen LogP contribution in [0.1, 0.15) is 12.8 Å². The zero-order valence-corrected chi connectivity index (χ0v) is 7.57. The third kappa shape index (κ3) is 1.51. The molecule has 0 saturated heterocycles. The van der Waals surface area contributed by atoms with Crippen molar-refractivity contribution in [1.29, 1.82) is 0 Å². The third-order valence-corrected chi connectivity index (χ3v) is 2.33. The molecule has 1 fully saturated rings. The van der Waals surface area contributed by atoms with Crippen LogP contribution in [0, 0.1) is 5.41 Å². The first-order valence-corrected chi connectivity index (χ1v) is 3.93. The first kappa shape index (κ1) is 9.98. The molecule has 74 valence electrons. The van der Waals surface area contributed by atoms with Crippen molar-refractivity contribution in [3.8, 4) is 0 Å². The van der Waals surface area contributed by atoms with Crippen molar-refractivity contribution in [2.45, 2.75) is 18.9 Å². The van der Waals surface area contributed by atoms with E-state index in [1.165, 1.54) is 14.2 Å². The predicted octanol–water partition coefficient (Wildman–Crippen LogP) is -0.527. The van der Waals surface area contributed by atoms with Gasteiger partial charge in [0.15, 0.2) is 6.10 Å². The highest BCUT2D eigenvalue weighted by molar-refractivity contribution is 5.89. The molecule has 0 bridgehead atoms. The number of carbonyl (C=O) groups excluding carboxylic acids is 2. The summed E-state index contributed by atoms with van der Waals surface area (Å²) in [5.41, 5.74) is -1.04. The van der Waals surface area contributed by atoms with Crippen molar-refractivity contribution in [2.75, 3.05) is 14.2 Å². The molecule has 1 unspecified atom stereocenters. The van der Waals surface area contributed by atoms with Gasteiger partial charge in [0.05, 0.1) is 14.2 Å². The number of ether oxygens (including phenoxy) is 2. The fourth-order valence-electron chi connectivity index (χ4n) is 1.26. The molecule has 1 atom stereocenters. The predicted molar refractivity (Wildman–Crippen MR) is 41.7 cm³/mol. The number of aliphatic hydroxyl groups excluding tert-OH is 1. The summed E-state index contributed by atoms with van der Waals surface area (Å²) in [5.74, 6) is -1.34. The number of esters is 2. The van der Waals surface area contributed by atoms with Gasteiger partial charge in [-0.15, -0.1) is 0 Å². The maximum Gasteiger partial charge on any atom is 0.335 e. The first-order chi connectivity index (χ1) is 6.08. The van der Waals surface area contributed by atoms with E-state index in [-0.39, 0.29) is 0 Å². The molecule has 1 rings (SSSR count). The average Bonchev–Trinajstić information content (AvgIpc) is 2.95. The molecule has 1 saturated carbocycles. The minimum absolute atomic E-state index is 0.468. The topological polar surface area (TPSA) is 72.8 Å². The lowest BCUT2D eigenvalue weighted by atomic mass is 10.00. The summed E-state index contributed by atoms with van der Waals surface area (Å²) in [4.78, 5) is 22.1. The molecule has 1 N–H and O–H groups in total. The van der Waals surface area contributed by atoms with Crippen LogP contribution in [0.2, 0.25) is 0 Å². The molecular formula is C8H12O5. The van der Waals surface area contributed by atoms with Crippen molar-refractivity contribution < 1.29 is 24.2 Å². The van der Waals surface area contributed by atoms with Crippen molar-refractivity contribution in [3.63, 3.8) is 0 Å². The van der Waals surface area contributed by atoms with Gasteiger partial charge in [-0.3, -0.25) is 4.79 Å². The van der Waals surface area contributed by atoms with E-state index in [2.05, 4.69) is 9.47 Å². The highest BCUT2D eigenvalue weighted by atomic mass is 16.5. The minimum Gasteiger partial charge on any atom is -0.469 e. The number of methoxy groups -OCH3 is 2. The van der Waals surface area contributed by atoms with E-state index in [9.17, 15) is 14.7 Å². The van der Waals surface area contributed by atoms with Gasteiger partial charge >= 0.3 is 11.9 Å². The van der Waals surface area contributed by atoms with E-state index in [1.807, 2.05) is 0 Å². The van der Waals surface area contributed by atoms with Crippen LogP contribution in [0.4, 0.5) is 0 Å². The smallest absolute Gasteiger partial charge is 0.335 e. The number of aliphatic hydroxyl groups is 1. The van der Waals surface area contributed by atoms with Crippen molar-refractivity contribution in [1.82, 2.24) is 0 Å². The monoisotopic (exact) mass is 188 g/mol. The molecule has 1 aliphatic carbocycles. The van der Waals surface area contributed by atoms with E-state index in [0.29, 0.717) is 12.8 Å². The van der Waals surface area contributed by atoms with Gasteiger partial charge in [-0.1, -0.05) is 0 Å². The zero-order valence-electron chi connectivity index (χ0n) is 7.57. The fraction of sp³-hybridized carbons (Fsp3) is 0.750. The SMILES string of the molecule is COC(=O)C(O)C1(C(=O)OC)CC1. The number of carbonyl (C=O) groups is 2. The normalized spacial score (nSPS) is 20.2. The molecule has 0 spiro atoms. The quantitative estimate of drug-likeness (QED) is 0.603. The maximum absolute atomic E-state index is 11.2. The molecule has 0 aromatic heterocycles. The summed E-state index contributed by atoms with van der Waals surface area (Å²) < 4.78 is 8.82. The van der Waals surface area contributed by atoms with Gasteiger partial charge in [0.25, 0.3) is 0 Å². The molecule has 0 radical (unpaired) electrons. The van der Waals surface area contributed by atoms with Crippen molar-refractivity contribution in [2.24, 2.45) is 5.41 Å². The second-order valence-corrected chi connectivity index (χ2v) is 3.07. The summed E-state index contributed by atoms with van der Waals surface area (Å²) in [6, 6.07) is 0. The summed E-state index contributed by atoms with van der Waals surface area (Å²) in [6.45, 7) is 0. The van der Waals surface area contributed by atoms with Crippen molar-refractivity contribution >= 4 is 11.9 Å².